The van der Waals surface area contributed by atoms with E-state index in [0.29, 0.717) is 9.47 Å². The Bertz CT molecular complexity index is 576. The van der Waals surface area contributed by atoms with Crippen LogP contribution in [0, 0.1) is 0 Å². The molecule has 8 heteroatoms. The summed E-state index contributed by atoms with van der Waals surface area (Å²) in [6.45, 7) is 0. The first-order valence-corrected chi connectivity index (χ1v) is 7.67. The largest absolute Gasteiger partial charge is 0.275 e. The molecule has 0 aromatic carbocycles. The standard InChI is InChI=1S/C8H7ClN2O2S3/c1-11(8-10-4-5-14-8)16(12,13)7-3-2-6(9)15-7/h2-5H,1H3. The van der Waals surface area contributed by atoms with Crippen molar-refractivity contribution < 1.29 is 8.42 Å². The Morgan fingerprint density at radius 3 is 2.69 bits per heavy atom. The predicted molar refractivity (Wildman–Crippen MR) is 67.0 cm³/mol. The van der Waals surface area contributed by atoms with Crippen molar-refractivity contribution in [2.45, 2.75) is 4.21 Å². The van der Waals surface area contributed by atoms with Crippen LogP contribution in [-0.4, -0.2) is 20.4 Å². The van der Waals surface area contributed by atoms with Gasteiger partial charge in [0.25, 0.3) is 10.0 Å². The van der Waals surface area contributed by atoms with Gasteiger partial charge in [-0.1, -0.05) is 11.6 Å². The Morgan fingerprint density at radius 1 is 1.44 bits per heavy atom. The molecule has 2 aromatic rings. The van der Waals surface area contributed by atoms with Gasteiger partial charge in [0.2, 0.25) is 0 Å². The zero-order valence-corrected chi connectivity index (χ0v) is 11.3. The number of halogens is 1. The van der Waals surface area contributed by atoms with E-state index in [1.807, 2.05) is 0 Å². The van der Waals surface area contributed by atoms with Crippen molar-refractivity contribution in [3.05, 3.63) is 28.0 Å². The number of thiophene rings is 1. The molecule has 0 aliphatic rings. The van der Waals surface area contributed by atoms with E-state index in [0.717, 1.165) is 15.6 Å². The molecule has 2 rings (SSSR count). The van der Waals surface area contributed by atoms with Crippen molar-refractivity contribution in [2.75, 3.05) is 11.4 Å². The number of rotatable bonds is 3. The van der Waals surface area contributed by atoms with Crippen LogP contribution in [-0.2, 0) is 10.0 Å². The number of aromatic nitrogens is 1. The van der Waals surface area contributed by atoms with Gasteiger partial charge in [0.1, 0.15) is 4.21 Å². The van der Waals surface area contributed by atoms with Crippen LogP contribution in [0.15, 0.2) is 27.9 Å². The number of nitrogens with zero attached hydrogens (tertiary/aromatic N) is 2. The maximum atomic E-state index is 12.1. The molecule has 0 saturated heterocycles. The first kappa shape index (κ1) is 11.8. The summed E-state index contributed by atoms with van der Waals surface area (Å²) < 4.78 is 26.0. The molecule has 2 aromatic heterocycles. The van der Waals surface area contributed by atoms with E-state index < -0.39 is 10.0 Å². The molecule has 0 atom stereocenters. The Kier molecular flexibility index (Phi) is 3.20. The Morgan fingerprint density at radius 2 is 2.19 bits per heavy atom. The van der Waals surface area contributed by atoms with Crippen molar-refractivity contribution in [2.24, 2.45) is 0 Å². The van der Waals surface area contributed by atoms with E-state index in [9.17, 15) is 8.42 Å². The molecule has 0 radical (unpaired) electrons. The van der Waals surface area contributed by atoms with Gasteiger partial charge in [-0.25, -0.2) is 17.7 Å². The highest BCUT2D eigenvalue weighted by molar-refractivity contribution is 7.95. The molecule has 0 aliphatic carbocycles. The molecule has 16 heavy (non-hydrogen) atoms. The topological polar surface area (TPSA) is 50.3 Å². The molecule has 0 aliphatic heterocycles. The van der Waals surface area contributed by atoms with Crippen LogP contribution in [0.25, 0.3) is 0 Å². The quantitative estimate of drug-likeness (QED) is 0.874. The van der Waals surface area contributed by atoms with Gasteiger partial charge in [0.15, 0.2) is 5.13 Å². The van der Waals surface area contributed by atoms with Gasteiger partial charge < -0.3 is 0 Å². The highest BCUT2D eigenvalue weighted by Gasteiger charge is 2.24. The fourth-order valence-corrected chi connectivity index (χ4v) is 4.69. The summed E-state index contributed by atoms with van der Waals surface area (Å²) >= 11 is 8.02. The summed E-state index contributed by atoms with van der Waals surface area (Å²) in [5, 5.41) is 2.16. The Hall–Kier alpha value is -0.630. The molecular formula is C8H7ClN2O2S3. The van der Waals surface area contributed by atoms with Crippen LogP contribution < -0.4 is 4.31 Å². The zero-order chi connectivity index (χ0) is 11.8. The molecule has 0 N–H and O–H groups in total. The summed E-state index contributed by atoms with van der Waals surface area (Å²) in [6.07, 6.45) is 1.56. The van der Waals surface area contributed by atoms with E-state index in [1.54, 1.807) is 17.6 Å². The number of hydrogen-bond acceptors (Lipinski definition) is 5. The lowest BCUT2D eigenvalue weighted by Gasteiger charge is -2.14. The summed E-state index contributed by atoms with van der Waals surface area (Å²) in [5.41, 5.74) is 0. The van der Waals surface area contributed by atoms with Crippen LogP contribution in [0.1, 0.15) is 0 Å². The van der Waals surface area contributed by atoms with Gasteiger partial charge in [-0.3, -0.25) is 0 Å². The second-order valence-corrected chi connectivity index (χ2v) is 7.63. The third-order valence-corrected chi connectivity index (χ3v) is 6.26. The van der Waals surface area contributed by atoms with E-state index in [-0.39, 0.29) is 4.21 Å². The average Bonchev–Trinajstić information content (AvgIpc) is 2.86. The number of sulfonamides is 1. The highest BCUT2D eigenvalue weighted by atomic mass is 35.5. The summed E-state index contributed by atoms with van der Waals surface area (Å²) in [5.74, 6) is 0. The second kappa shape index (κ2) is 4.33. The fourth-order valence-electron chi connectivity index (χ4n) is 1.05. The van der Waals surface area contributed by atoms with Crippen LogP contribution in [0.5, 0.6) is 0 Å². The van der Waals surface area contributed by atoms with Crippen molar-refractivity contribution >= 4 is 49.4 Å². The van der Waals surface area contributed by atoms with Crippen molar-refractivity contribution in [1.82, 2.24) is 4.98 Å². The van der Waals surface area contributed by atoms with E-state index >= 15 is 0 Å². The monoisotopic (exact) mass is 294 g/mol. The molecule has 0 unspecified atom stereocenters. The first-order valence-electron chi connectivity index (χ1n) is 4.15. The smallest absolute Gasteiger partial charge is 0.244 e. The molecule has 0 spiro atoms. The van der Waals surface area contributed by atoms with Crippen molar-refractivity contribution in [1.29, 1.82) is 0 Å². The van der Waals surface area contributed by atoms with Gasteiger partial charge in [0, 0.05) is 18.6 Å². The molecule has 0 saturated carbocycles. The molecule has 0 amide bonds. The van der Waals surface area contributed by atoms with Crippen LogP contribution in [0.3, 0.4) is 0 Å². The summed E-state index contributed by atoms with van der Waals surface area (Å²) in [7, 11) is -2.05. The Balaban J connectivity index is 2.40. The minimum absolute atomic E-state index is 0.218. The lowest BCUT2D eigenvalue weighted by Crippen LogP contribution is -2.25. The lowest BCUT2D eigenvalue weighted by atomic mass is 10.7. The molecule has 0 bridgehead atoms. The maximum Gasteiger partial charge on any atom is 0.275 e. The molecule has 2 heterocycles. The highest BCUT2D eigenvalue weighted by Crippen LogP contribution is 2.30. The maximum absolute atomic E-state index is 12.1. The first-order chi connectivity index (χ1) is 7.51. The number of thiazole rings is 1. The Labute approximate surface area is 106 Å². The van der Waals surface area contributed by atoms with E-state index in [4.69, 9.17) is 11.6 Å². The fraction of sp³-hybridized carbons (Fsp3) is 0.125. The van der Waals surface area contributed by atoms with E-state index in [2.05, 4.69) is 4.98 Å². The number of hydrogen-bond donors (Lipinski definition) is 0. The molecule has 4 nitrogen and oxygen atoms in total. The van der Waals surface area contributed by atoms with Gasteiger partial charge in [-0.15, -0.1) is 22.7 Å². The van der Waals surface area contributed by atoms with Crippen molar-refractivity contribution in [3.63, 3.8) is 0 Å². The van der Waals surface area contributed by atoms with Gasteiger partial charge >= 0.3 is 0 Å². The number of anilines is 1. The van der Waals surface area contributed by atoms with Crippen LogP contribution >= 0.6 is 34.3 Å². The van der Waals surface area contributed by atoms with Gasteiger partial charge in [-0.05, 0) is 12.1 Å². The normalized spacial score (nSPS) is 11.6. The SMILES string of the molecule is CN(c1nccs1)S(=O)(=O)c1ccc(Cl)s1. The predicted octanol–water partition coefficient (Wildman–Crippen LogP) is 2.68. The van der Waals surface area contributed by atoms with Crippen LogP contribution in [0.2, 0.25) is 4.34 Å². The van der Waals surface area contributed by atoms with Gasteiger partial charge in [0.05, 0.1) is 4.34 Å². The average molecular weight is 295 g/mol. The summed E-state index contributed by atoms with van der Waals surface area (Å²) in [4.78, 5) is 3.95. The molecule has 86 valence electrons. The van der Waals surface area contributed by atoms with Crippen LogP contribution in [0.4, 0.5) is 5.13 Å². The third-order valence-electron chi connectivity index (χ3n) is 1.85. The summed E-state index contributed by atoms with van der Waals surface area (Å²) in [6, 6.07) is 3.06. The minimum atomic E-state index is -3.53. The van der Waals surface area contributed by atoms with E-state index in [1.165, 1.54) is 24.5 Å². The molecular weight excluding hydrogens is 288 g/mol. The third kappa shape index (κ3) is 2.08. The zero-order valence-electron chi connectivity index (χ0n) is 8.12. The molecule has 0 fully saturated rings. The second-order valence-electron chi connectivity index (χ2n) is 2.85. The van der Waals surface area contributed by atoms with Gasteiger partial charge in [-0.2, -0.15) is 0 Å². The minimum Gasteiger partial charge on any atom is -0.244 e. The van der Waals surface area contributed by atoms with Crippen molar-refractivity contribution in [3.8, 4) is 0 Å². The lowest BCUT2D eigenvalue weighted by molar-refractivity contribution is 0.596.